The number of aromatic nitrogens is 2. The number of halogens is 1. The van der Waals surface area contributed by atoms with E-state index in [0.29, 0.717) is 11.7 Å². The molecule has 1 atom stereocenters. The average molecular weight is 489 g/mol. The minimum absolute atomic E-state index is 0.0252. The average Bonchev–Trinajstić information content (AvgIpc) is 3.14. The van der Waals surface area contributed by atoms with Gasteiger partial charge >= 0.3 is 0 Å². The number of hydrogen-bond donors (Lipinski definition) is 2. The Morgan fingerprint density at radius 2 is 1.70 bits per heavy atom. The quantitative estimate of drug-likeness (QED) is 0.343. The molecule has 0 fully saturated rings. The summed E-state index contributed by atoms with van der Waals surface area (Å²) in [5.41, 5.74) is 3.04. The topological polar surface area (TPSA) is 90.0 Å². The molecular formula is C25H33ClN4O2S. The Morgan fingerprint density at radius 1 is 1.03 bits per heavy atom. The summed E-state index contributed by atoms with van der Waals surface area (Å²) in [6, 6.07) is 16.8. The van der Waals surface area contributed by atoms with Crippen LogP contribution in [0.25, 0.3) is 11.4 Å². The van der Waals surface area contributed by atoms with E-state index < -0.39 is 10.0 Å². The highest BCUT2D eigenvalue weighted by atomic mass is 35.5. The summed E-state index contributed by atoms with van der Waals surface area (Å²) in [7, 11) is -3.70. The van der Waals surface area contributed by atoms with Crippen LogP contribution in [0.1, 0.15) is 63.3 Å². The van der Waals surface area contributed by atoms with E-state index in [4.69, 9.17) is 21.7 Å². The first-order valence-corrected chi connectivity index (χ1v) is 13.4. The van der Waals surface area contributed by atoms with Crippen molar-refractivity contribution in [3.8, 4) is 11.4 Å². The Bertz CT molecular complexity index is 1130. The predicted octanol–water partition coefficient (Wildman–Crippen LogP) is 5.67. The summed E-state index contributed by atoms with van der Waals surface area (Å²) in [5.74, 6) is 0.893. The Labute approximate surface area is 202 Å². The molecule has 1 heterocycles. The maximum Gasteiger partial charge on any atom is 0.238 e. The largest absolute Gasteiger partial charge is 0.325 e. The fourth-order valence-corrected chi connectivity index (χ4v) is 4.73. The zero-order valence-electron chi connectivity index (χ0n) is 19.3. The number of rotatable bonds is 12. The molecule has 0 saturated carbocycles. The maximum absolute atomic E-state index is 11.5. The molecule has 0 spiro atoms. The number of hydrogen-bond acceptors (Lipinski definition) is 4. The molecule has 6 nitrogen and oxygen atoms in total. The van der Waals surface area contributed by atoms with Crippen LogP contribution >= 0.6 is 11.6 Å². The van der Waals surface area contributed by atoms with Crippen LogP contribution in [0.2, 0.25) is 5.15 Å². The van der Waals surface area contributed by atoms with E-state index in [1.165, 1.54) is 0 Å². The smallest absolute Gasteiger partial charge is 0.238 e. The lowest BCUT2D eigenvalue weighted by molar-refractivity contribution is 0.448. The standard InChI is InChI=1S/C25H33ClN4O2S/c1-3-5-12-22(28-18-19-13-15-21(16-14-19)33(27,31)32)23-24(26)29-25(30(23)17-6-4-2)20-10-8-7-9-11-20/h7-11,13-16,22,28H,3-6,12,17-18H2,1-2H3,(H2,27,31,32). The van der Waals surface area contributed by atoms with Crippen LogP contribution in [-0.4, -0.2) is 18.0 Å². The molecule has 0 aliphatic carbocycles. The molecule has 0 aliphatic rings. The summed E-state index contributed by atoms with van der Waals surface area (Å²) < 4.78 is 25.3. The molecule has 178 valence electrons. The fourth-order valence-electron chi connectivity index (χ4n) is 3.90. The molecule has 8 heteroatoms. The molecule has 0 aliphatic heterocycles. The number of benzene rings is 2. The second-order valence-electron chi connectivity index (χ2n) is 8.25. The van der Waals surface area contributed by atoms with Gasteiger partial charge in [0.05, 0.1) is 16.6 Å². The van der Waals surface area contributed by atoms with Crippen LogP contribution in [0.5, 0.6) is 0 Å². The minimum atomic E-state index is -3.70. The number of primary sulfonamides is 1. The highest BCUT2D eigenvalue weighted by molar-refractivity contribution is 7.89. The number of imidazole rings is 1. The van der Waals surface area contributed by atoms with Gasteiger partial charge in [0.2, 0.25) is 10.0 Å². The van der Waals surface area contributed by atoms with Gasteiger partial charge in [-0.2, -0.15) is 0 Å². The van der Waals surface area contributed by atoms with Crippen LogP contribution in [0.4, 0.5) is 0 Å². The van der Waals surface area contributed by atoms with Gasteiger partial charge in [-0.3, -0.25) is 0 Å². The number of nitrogens with one attached hydrogen (secondary N) is 1. The Morgan fingerprint density at radius 3 is 2.30 bits per heavy atom. The predicted molar refractivity (Wildman–Crippen MR) is 135 cm³/mol. The van der Waals surface area contributed by atoms with Crippen molar-refractivity contribution in [2.24, 2.45) is 5.14 Å². The first-order valence-electron chi connectivity index (χ1n) is 11.5. The van der Waals surface area contributed by atoms with Crippen molar-refractivity contribution in [3.63, 3.8) is 0 Å². The SMILES string of the molecule is CCCCC(NCc1ccc(S(N)(=O)=O)cc1)c1c(Cl)nc(-c2ccccc2)n1CCCC. The summed E-state index contributed by atoms with van der Waals surface area (Å²) in [4.78, 5) is 4.88. The lowest BCUT2D eigenvalue weighted by Gasteiger charge is -2.22. The maximum atomic E-state index is 11.5. The van der Waals surface area contributed by atoms with Crippen LogP contribution in [0.15, 0.2) is 59.5 Å². The second kappa shape index (κ2) is 11.8. The summed E-state index contributed by atoms with van der Waals surface area (Å²) in [6.45, 7) is 5.78. The van der Waals surface area contributed by atoms with E-state index in [-0.39, 0.29) is 10.9 Å². The third-order valence-electron chi connectivity index (χ3n) is 5.71. The molecule has 3 aromatic rings. The zero-order valence-corrected chi connectivity index (χ0v) is 20.9. The van der Waals surface area contributed by atoms with Gasteiger partial charge in [-0.05, 0) is 30.5 Å². The first-order chi connectivity index (χ1) is 15.8. The van der Waals surface area contributed by atoms with Crippen molar-refractivity contribution in [2.75, 3.05) is 0 Å². The van der Waals surface area contributed by atoms with Gasteiger partial charge in [0.1, 0.15) is 5.82 Å². The molecule has 0 amide bonds. The first kappa shape index (κ1) is 25.4. The molecule has 1 unspecified atom stereocenters. The molecule has 0 radical (unpaired) electrons. The van der Waals surface area contributed by atoms with Crippen LogP contribution in [-0.2, 0) is 23.1 Å². The van der Waals surface area contributed by atoms with Gasteiger partial charge in [-0.25, -0.2) is 18.5 Å². The van der Waals surface area contributed by atoms with Crippen LogP contribution < -0.4 is 10.5 Å². The van der Waals surface area contributed by atoms with Crippen molar-refractivity contribution >= 4 is 21.6 Å². The molecule has 3 N–H and O–H groups in total. The third-order valence-corrected chi connectivity index (χ3v) is 6.92. The van der Waals surface area contributed by atoms with Gasteiger partial charge in [0.25, 0.3) is 0 Å². The summed E-state index contributed by atoms with van der Waals surface area (Å²) in [5, 5.41) is 9.39. The Kier molecular flexibility index (Phi) is 9.09. The van der Waals surface area contributed by atoms with Gasteiger partial charge in [-0.1, -0.05) is 87.2 Å². The highest BCUT2D eigenvalue weighted by Gasteiger charge is 2.24. The lowest BCUT2D eigenvalue weighted by atomic mass is 10.1. The van der Waals surface area contributed by atoms with E-state index in [9.17, 15) is 8.42 Å². The normalized spacial score (nSPS) is 12.7. The molecule has 2 aromatic carbocycles. The van der Waals surface area contributed by atoms with E-state index in [2.05, 4.69) is 35.9 Å². The molecule has 0 saturated heterocycles. The number of nitrogens with zero attached hydrogens (tertiary/aromatic N) is 2. The van der Waals surface area contributed by atoms with Crippen molar-refractivity contribution in [1.82, 2.24) is 14.9 Å². The fraction of sp³-hybridized carbons (Fsp3) is 0.400. The zero-order chi connectivity index (χ0) is 23.8. The minimum Gasteiger partial charge on any atom is -0.325 e. The second-order valence-corrected chi connectivity index (χ2v) is 10.2. The van der Waals surface area contributed by atoms with Gasteiger partial charge in [0.15, 0.2) is 5.15 Å². The number of nitrogens with two attached hydrogens (primary N) is 1. The van der Waals surface area contributed by atoms with Crippen molar-refractivity contribution in [2.45, 2.75) is 70.0 Å². The molecule has 3 rings (SSSR count). The monoisotopic (exact) mass is 488 g/mol. The van der Waals surface area contributed by atoms with Crippen LogP contribution in [0, 0.1) is 0 Å². The molecular weight excluding hydrogens is 456 g/mol. The van der Waals surface area contributed by atoms with E-state index >= 15 is 0 Å². The molecule has 1 aromatic heterocycles. The summed E-state index contributed by atoms with van der Waals surface area (Å²) >= 11 is 6.75. The van der Waals surface area contributed by atoms with E-state index in [0.717, 1.165) is 61.3 Å². The highest BCUT2D eigenvalue weighted by Crippen LogP contribution is 2.33. The van der Waals surface area contributed by atoms with Gasteiger partial charge in [0, 0.05) is 18.7 Å². The molecule has 0 bridgehead atoms. The van der Waals surface area contributed by atoms with Gasteiger partial charge in [-0.15, -0.1) is 0 Å². The van der Waals surface area contributed by atoms with Gasteiger partial charge < -0.3 is 9.88 Å². The lowest BCUT2D eigenvalue weighted by Crippen LogP contribution is -2.24. The molecule has 33 heavy (non-hydrogen) atoms. The van der Waals surface area contributed by atoms with E-state index in [1.807, 2.05) is 18.2 Å². The Balaban J connectivity index is 1.91. The van der Waals surface area contributed by atoms with Crippen molar-refractivity contribution in [1.29, 1.82) is 0 Å². The summed E-state index contributed by atoms with van der Waals surface area (Å²) in [6.07, 6.45) is 5.17. The third kappa shape index (κ3) is 6.67. The van der Waals surface area contributed by atoms with Crippen LogP contribution in [0.3, 0.4) is 0 Å². The van der Waals surface area contributed by atoms with E-state index in [1.54, 1.807) is 24.3 Å². The van der Waals surface area contributed by atoms with Crippen molar-refractivity contribution < 1.29 is 8.42 Å². The van der Waals surface area contributed by atoms with Crippen molar-refractivity contribution in [3.05, 3.63) is 71.0 Å². The number of unbranched alkanes of at least 4 members (excludes halogenated alkanes) is 2. The Hall–Kier alpha value is -2.19. The number of sulfonamides is 1.